The van der Waals surface area contributed by atoms with Gasteiger partial charge in [0.25, 0.3) is 0 Å². The van der Waals surface area contributed by atoms with Gasteiger partial charge in [0.05, 0.1) is 36.9 Å². The van der Waals surface area contributed by atoms with Crippen LogP contribution in [-0.4, -0.2) is 47.9 Å². The third-order valence-electron chi connectivity index (χ3n) is 2.46. The molecule has 0 bridgehead atoms. The molecule has 120 valence electrons. The Morgan fingerprint density at radius 3 is 1.30 bits per heavy atom. The Morgan fingerprint density at radius 1 is 0.783 bits per heavy atom. The number of hydrogen-bond acceptors (Lipinski definition) is 8. The fourth-order valence-electron chi connectivity index (χ4n) is 1.50. The van der Waals surface area contributed by atoms with E-state index in [0.717, 1.165) is 0 Å². The number of nitrogens with one attached hydrogen (secondary N) is 4. The van der Waals surface area contributed by atoms with Gasteiger partial charge in [0.2, 0.25) is 11.8 Å². The van der Waals surface area contributed by atoms with Crippen molar-refractivity contribution in [3.8, 4) is 0 Å². The van der Waals surface area contributed by atoms with E-state index in [1.165, 1.54) is 0 Å². The first-order chi connectivity index (χ1) is 10.2. The minimum atomic E-state index is -1.45. The second-order valence-electron chi connectivity index (χ2n) is 4.19. The molecule has 0 aromatic carbocycles. The Morgan fingerprint density at radius 2 is 1.09 bits per heavy atom. The molecule has 12 nitrogen and oxygen atoms in total. The molecule has 0 spiro atoms. The van der Waals surface area contributed by atoms with Gasteiger partial charge in [0.1, 0.15) is 0 Å². The van der Waals surface area contributed by atoms with Crippen molar-refractivity contribution in [3.05, 3.63) is 0 Å². The third kappa shape index (κ3) is 6.82. The van der Waals surface area contributed by atoms with Crippen LogP contribution < -0.4 is 31.5 Å². The van der Waals surface area contributed by atoms with Gasteiger partial charge < -0.3 is 30.4 Å². The molecule has 2 saturated heterocycles. The normalized spacial score (nSPS) is 22.8. The van der Waals surface area contributed by atoms with Gasteiger partial charge in [0.15, 0.2) is 0 Å². The zero-order chi connectivity index (χ0) is 16.9. The number of rotatable bonds is 2. The fourth-order valence-corrected chi connectivity index (χ4v) is 1.50. The largest absolute Gasteiger partial charge is 2.00 e. The van der Waals surface area contributed by atoms with Crippen molar-refractivity contribution in [3.63, 3.8) is 0 Å². The first-order valence-electron chi connectivity index (χ1n) is 5.81. The number of carboxylic acid groups (broad SMARTS) is 2. The van der Waals surface area contributed by atoms with E-state index in [-0.39, 0.29) is 32.3 Å². The summed E-state index contributed by atoms with van der Waals surface area (Å²) in [5.74, 6) is -4.12. The maximum Gasteiger partial charge on any atom is 2.00 e. The van der Waals surface area contributed by atoms with Crippen LogP contribution in [0.2, 0.25) is 0 Å². The molecule has 23 heavy (non-hydrogen) atoms. The summed E-state index contributed by atoms with van der Waals surface area (Å²) >= 11 is 0. The van der Waals surface area contributed by atoms with Gasteiger partial charge in [-0.1, -0.05) is 0 Å². The Kier molecular flexibility index (Phi) is 7.81. The molecule has 0 saturated carbocycles. The number of hydrogen-bond donors (Lipinski definition) is 4. The predicted molar refractivity (Wildman–Crippen MR) is 60.2 cm³/mol. The predicted octanol–water partition coefficient (Wildman–Crippen LogP) is -5.33. The van der Waals surface area contributed by atoms with Gasteiger partial charge >= 0.3 is 31.5 Å². The van der Waals surface area contributed by atoms with Crippen LogP contribution in [0, 0.1) is 0 Å². The molecule has 2 unspecified atom stereocenters. The van der Waals surface area contributed by atoms with Crippen molar-refractivity contribution < 1.29 is 58.5 Å². The molecule has 0 aromatic heterocycles. The standard InChI is InChI=1S/2C5H6N2O4.Zn/c2*8-3-1-2(4(9)10)6-5(11)7-3;/h2*2H,1H2,(H,9,10)(H2,6,7,8,11);/q;;+2/p-2. The second-order valence-corrected chi connectivity index (χ2v) is 4.19. The van der Waals surface area contributed by atoms with Gasteiger partial charge in [0, 0.05) is 0 Å². The number of carbonyl (C=O) groups is 6. The van der Waals surface area contributed by atoms with Gasteiger partial charge in [-0.15, -0.1) is 0 Å². The Bertz CT molecular complexity index is 471. The number of imide groups is 2. The number of aliphatic carboxylic acids is 2. The maximum absolute atomic E-state index is 10.5. The van der Waals surface area contributed by atoms with E-state index in [1.807, 2.05) is 21.3 Å². The molecular formula is C10H10N4O8Zn. The average molecular weight is 380 g/mol. The summed E-state index contributed by atoms with van der Waals surface area (Å²) in [5, 5.41) is 28.1. The molecule has 6 amide bonds. The minimum Gasteiger partial charge on any atom is -0.548 e. The number of carboxylic acids is 2. The van der Waals surface area contributed by atoms with Gasteiger partial charge in [-0.3, -0.25) is 20.2 Å². The molecule has 4 N–H and O–H groups in total. The van der Waals surface area contributed by atoms with Crippen molar-refractivity contribution in [2.45, 2.75) is 24.9 Å². The monoisotopic (exact) mass is 378 g/mol. The molecule has 0 aliphatic carbocycles. The first kappa shape index (κ1) is 20.4. The second kappa shape index (κ2) is 8.78. The van der Waals surface area contributed by atoms with Gasteiger partial charge in [-0.2, -0.15) is 0 Å². The van der Waals surface area contributed by atoms with E-state index in [4.69, 9.17) is 0 Å². The van der Waals surface area contributed by atoms with E-state index >= 15 is 0 Å². The first-order valence-corrected chi connectivity index (χ1v) is 5.81. The summed E-state index contributed by atoms with van der Waals surface area (Å²) in [5.41, 5.74) is 0. The van der Waals surface area contributed by atoms with Crippen LogP contribution in [-0.2, 0) is 38.7 Å². The maximum atomic E-state index is 10.5. The van der Waals surface area contributed by atoms with Crippen LogP contribution >= 0.6 is 0 Å². The van der Waals surface area contributed by atoms with Gasteiger partial charge in [-0.05, 0) is 0 Å². The minimum absolute atomic E-state index is 0. The molecule has 13 heteroatoms. The van der Waals surface area contributed by atoms with E-state index in [1.54, 1.807) is 0 Å². The molecule has 2 aliphatic heterocycles. The fraction of sp³-hybridized carbons (Fsp3) is 0.400. The molecule has 0 aromatic rings. The van der Waals surface area contributed by atoms with Crippen LogP contribution in [0.4, 0.5) is 9.59 Å². The van der Waals surface area contributed by atoms with Crippen molar-refractivity contribution in [1.29, 1.82) is 0 Å². The summed E-state index contributed by atoms with van der Waals surface area (Å²) in [6.45, 7) is 0. The van der Waals surface area contributed by atoms with Crippen LogP contribution in [0.15, 0.2) is 0 Å². The quantitative estimate of drug-likeness (QED) is 0.341. The smallest absolute Gasteiger partial charge is 0.548 e. The molecule has 2 heterocycles. The summed E-state index contributed by atoms with van der Waals surface area (Å²) in [6, 6.07) is -3.99. The van der Waals surface area contributed by atoms with Crippen LogP contribution in [0.25, 0.3) is 0 Å². The van der Waals surface area contributed by atoms with Crippen molar-refractivity contribution in [2.24, 2.45) is 0 Å². The van der Waals surface area contributed by atoms with Gasteiger partial charge in [-0.25, -0.2) is 9.59 Å². The molecule has 2 rings (SSSR count). The van der Waals surface area contributed by atoms with Crippen LogP contribution in [0.5, 0.6) is 0 Å². The summed E-state index contributed by atoms with van der Waals surface area (Å²) in [6.07, 6.45) is -0.540. The summed E-state index contributed by atoms with van der Waals surface area (Å²) in [7, 11) is 0. The number of amides is 6. The Balaban J connectivity index is 0.000000403. The van der Waals surface area contributed by atoms with Crippen molar-refractivity contribution in [1.82, 2.24) is 21.3 Å². The molecular weight excluding hydrogens is 370 g/mol. The topological polar surface area (TPSA) is 197 Å². The number of carbonyl (C=O) groups excluding carboxylic acids is 6. The third-order valence-corrected chi connectivity index (χ3v) is 2.46. The van der Waals surface area contributed by atoms with Crippen LogP contribution in [0.3, 0.4) is 0 Å². The SMILES string of the molecule is O=C1CC(C(=O)[O-])NC(=O)N1.O=C1CC(C(=O)[O-])NC(=O)N1.[Zn+2]. The molecule has 0 radical (unpaired) electrons. The molecule has 2 fully saturated rings. The summed E-state index contributed by atoms with van der Waals surface area (Å²) < 4.78 is 0. The van der Waals surface area contributed by atoms with Crippen molar-refractivity contribution >= 4 is 35.8 Å². The zero-order valence-corrected chi connectivity index (χ0v) is 14.5. The molecule has 2 aliphatic rings. The van der Waals surface area contributed by atoms with E-state index in [2.05, 4.69) is 0 Å². The van der Waals surface area contributed by atoms with E-state index < -0.39 is 47.9 Å². The Hall–Kier alpha value is -2.56. The summed E-state index contributed by atoms with van der Waals surface area (Å²) in [4.78, 5) is 62.2. The van der Waals surface area contributed by atoms with E-state index in [0.29, 0.717) is 0 Å². The average Bonchev–Trinajstić information content (AvgIpc) is 2.37. The Labute approximate surface area is 141 Å². The number of urea groups is 2. The van der Waals surface area contributed by atoms with Crippen LogP contribution in [0.1, 0.15) is 12.8 Å². The van der Waals surface area contributed by atoms with Crippen molar-refractivity contribution in [2.75, 3.05) is 0 Å². The van der Waals surface area contributed by atoms with E-state index in [9.17, 15) is 39.0 Å². The molecule has 2 atom stereocenters. The zero-order valence-electron chi connectivity index (χ0n) is 11.5.